The molecule has 1 heterocycles. The number of carbonyl (C=O) groups excluding carboxylic acids is 1. The van der Waals surface area contributed by atoms with Crippen molar-refractivity contribution in [1.29, 1.82) is 0 Å². The van der Waals surface area contributed by atoms with E-state index in [9.17, 15) is 4.79 Å². The van der Waals surface area contributed by atoms with Gasteiger partial charge in [-0.1, -0.05) is 19.1 Å². The van der Waals surface area contributed by atoms with Gasteiger partial charge in [-0.3, -0.25) is 9.69 Å². The van der Waals surface area contributed by atoms with Crippen LogP contribution < -0.4 is 14.8 Å². The zero-order valence-corrected chi connectivity index (χ0v) is 18.2. The number of hydrogen-bond donors (Lipinski definition) is 1. The number of benzene rings is 2. The fraction of sp³-hybridized carbons (Fsp3) is 0.409. The molecule has 1 fully saturated rings. The first kappa shape index (κ1) is 20.7. The Labute approximate surface area is 175 Å². The van der Waals surface area contributed by atoms with Crippen LogP contribution in [0.15, 0.2) is 40.9 Å². The third-order valence-electron chi connectivity index (χ3n) is 5.20. The van der Waals surface area contributed by atoms with Crippen molar-refractivity contribution in [2.24, 2.45) is 5.92 Å². The second-order valence-corrected chi connectivity index (χ2v) is 8.10. The van der Waals surface area contributed by atoms with Gasteiger partial charge >= 0.3 is 0 Å². The summed E-state index contributed by atoms with van der Waals surface area (Å²) in [5, 5.41) is 2.94. The lowest BCUT2D eigenvalue weighted by atomic mass is 9.99. The molecule has 3 rings (SSSR count). The van der Waals surface area contributed by atoms with Crippen molar-refractivity contribution >= 4 is 27.5 Å². The Hall–Kier alpha value is -2.05. The normalized spacial score (nSPS) is 15.3. The summed E-state index contributed by atoms with van der Waals surface area (Å²) >= 11 is 3.42. The Morgan fingerprint density at radius 2 is 1.68 bits per heavy atom. The van der Waals surface area contributed by atoms with Crippen LogP contribution in [0.2, 0.25) is 0 Å². The number of piperidine rings is 1. The number of carbonyl (C=O) groups is 1. The van der Waals surface area contributed by atoms with Gasteiger partial charge in [-0.25, -0.2) is 0 Å². The van der Waals surface area contributed by atoms with E-state index in [0.29, 0.717) is 21.5 Å². The number of hydrogen-bond acceptors (Lipinski definition) is 4. The SMILES string of the molecule is COc1cc(C(=O)Nc2ccc(CN3CCC(C)CC3)cc2)cc(OC)c1Br. The summed E-state index contributed by atoms with van der Waals surface area (Å²) in [4.78, 5) is 15.1. The first-order valence-electron chi connectivity index (χ1n) is 9.54. The van der Waals surface area contributed by atoms with E-state index in [1.807, 2.05) is 12.1 Å². The zero-order chi connectivity index (χ0) is 20.1. The lowest BCUT2D eigenvalue weighted by Gasteiger charge is -2.30. The van der Waals surface area contributed by atoms with E-state index in [-0.39, 0.29) is 5.91 Å². The van der Waals surface area contributed by atoms with Crippen LogP contribution in [0.1, 0.15) is 35.7 Å². The summed E-state index contributed by atoms with van der Waals surface area (Å²) in [5.74, 6) is 1.73. The monoisotopic (exact) mass is 446 g/mol. The number of halogens is 1. The maximum absolute atomic E-state index is 12.6. The molecule has 28 heavy (non-hydrogen) atoms. The summed E-state index contributed by atoms with van der Waals surface area (Å²) in [7, 11) is 3.12. The van der Waals surface area contributed by atoms with Gasteiger partial charge in [0.05, 0.1) is 14.2 Å². The molecule has 1 N–H and O–H groups in total. The van der Waals surface area contributed by atoms with Crippen molar-refractivity contribution in [2.45, 2.75) is 26.3 Å². The number of anilines is 1. The molecular formula is C22H27BrN2O3. The number of methoxy groups -OCH3 is 2. The third-order valence-corrected chi connectivity index (χ3v) is 5.98. The second-order valence-electron chi connectivity index (χ2n) is 7.30. The molecule has 1 saturated heterocycles. The molecular weight excluding hydrogens is 420 g/mol. The lowest BCUT2D eigenvalue weighted by molar-refractivity contribution is 0.102. The maximum Gasteiger partial charge on any atom is 0.255 e. The highest BCUT2D eigenvalue weighted by atomic mass is 79.9. The number of amides is 1. The van der Waals surface area contributed by atoms with Gasteiger partial charge in [-0.2, -0.15) is 0 Å². The van der Waals surface area contributed by atoms with Crippen molar-refractivity contribution < 1.29 is 14.3 Å². The maximum atomic E-state index is 12.6. The molecule has 0 aliphatic carbocycles. The first-order valence-corrected chi connectivity index (χ1v) is 10.3. The molecule has 6 heteroatoms. The Morgan fingerprint density at radius 1 is 1.11 bits per heavy atom. The van der Waals surface area contributed by atoms with Crippen LogP contribution in [0, 0.1) is 5.92 Å². The standard InChI is InChI=1S/C22H27BrN2O3/c1-15-8-10-25(11-9-15)14-16-4-6-18(7-5-16)24-22(26)17-12-19(27-2)21(23)20(13-17)28-3/h4-7,12-13,15H,8-11,14H2,1-3H3,(H,24,26). The minimum atomic E-state index is -0.207. The van der Waals surface area contributed by atoms with Gasteiger partial charge in [-0.05, 0) is 77.6 Å². The van der Waals surface area contributed by atoms with Crippen molar-refractivity contribution in [1.82, 2.24) is 4.90 Å². The summed E-state index contributed by atoms with van der Waals surface area (Å²) in [5.41, 5.74) is 2.50. The van der Waals surface area contributed by atoms with Crippen molar-refractivity contribution in [3.63, 3.8) is 0 Å². The van der Waals surface area contributed by atoms with Gasteiger partial charge in [0.15, 0.2) is 0 Å². The fourth-order valence-corrected chi connectivity index (χ4v) is 3.93. The van der Waals surface area contributed by atoms with E-state index in [4.69, 9.17) is 9.47 Å². The zero-order valence-electron chi connectivity index (χ0n) is 16.6. The highest BCUT2D eigenvalue weighted by Crippen LogP contribution is 2.35. The van der Waals surface area contributed by atoms with E-state index in [2.05, 4.69) is 45.2 Å². The molecule has 0 saturated carbocycles. The fourth-order valence-electron chi connectivity index (χ4n) is 3.38. The van der Waals surface area contributed by atoms with Crippen LogP contribution in [0.4, 0.5) is 5.69 Å². The summed E-state index contributed by atoms with van der Waals surface area (Å²) in [6.45, 7) is 5.60. The second kappa shape index (κ2) is 9.43. The summed E-state index contributed by atoms with van der Waals surface area (Å²) in [6.07, 6.45) is 2.54. The van der Waals surface area contributed by atoms with E-state index in [1.165, 1.54) is 18.4 Å². The molecule has 0 aromatic heterocycles. The Morgan fingerprint density at radius 3 is 2.21 bits per heavy atom. The smallest absolute Gasteiger partial charge is 0.255 e. The molecule has 0 unspecified atom stereocenters. The molecule has 0 bridgehead atoms. The van der Waals surface area contributed by atoms with Gasteiger partial charge in [0, 0.05) is 17.8 Å². The summed E-state index contributed by atoms with van der Waals surface area (Å²) in [6, 6.07) is 11.4. The highest BCUT2D eigenvalue weighted by Gasteiger charge is 2.16. The van der Waals surface area contributed by atoms with Crippen molar-refractivity contribution in [2.75, 3.05) is 32.6 Å². The molecule has 0 radical (unpaired) electrons. The largest absolute Gasteiger partial charge is 0.495 e. The molecule has 0 spiro atoms. The van der Waals surface area contributed by atoms with Crippen LogP contribution >= 0.6 is 15.9 Å². The van der Waals surface area contributed by atoms with Crippen LogP contribution in [0.25, 0.3) is 0 Å². The lowest BCUT2D eigenvalue weighted by Crippen LogP contribution is -2.32. The molecule has 5 nitrogen and oxygen atoms in total. The average molecular weight is 447 g/mol. The van der Waals surface area contributed by atoms with Crippen LogP contribution in [-0.4, -0.2) is 38.1 Å². The average Bonchev–Trinajstić information content (AvgIpc) is 2.71. The first-order chi connectivity index (χ1) is 13.5. The van der Waals surface area contributed by atoms with Gasteiger partial charge in [0.2, 0.25) is 0 Å². The molecule has 2 aromatic carbocycles. The quantitative estimate of drug-likeness (QED) is 0.681. The molecule has 1 aliphatic heterocycles. The highest BCUT2D eigenvalue weighted by molar-refractivity contribution is 9.10. The molecule has 0 atom stereocenters. The van der Waals surface area contributed by atoms with E-state index in [1.54, 1.807) is 26.4 Å². The third kappa shape index (κ3) is 5.06. The Balaban J connectivity index is 1.64. The van der Waals surface area contributed by atoms with Crippen LogP contribution in [0.3, 0.4) is 0 Å². The van der Waals surface area contributed by atoms with Crippen LogP contribution in [-0.2, 0) is 6.54 Å². The van der Waals surface area contributed by atoms with Crippen LogP contribution in [0.5, 0.6) is 11.5 Å². The van der Waals surface area contributed by atoms with Gasteiger partial charge in [0.1, 0.15) is 16.0 Å². The molecule has 1 aliphatic rings. The number of rotatable bonds is 6. The predicted octanol–water partition coefficient (Wildman–Crippen LogP) is 4.95. The van der Waals surface area contributed by atoms with Crippen molar-refractivity contribution in [3.8, 4) is 11.5 Å². The van der Waals surface area contributed by atoms with E-state index >= 15 is 0 Å². The topological polar surface area (TPSA) is 50.8 Å². The molecule has 2 aromatic rings. The minimum absolute atomic E-state index is 0.207. The number of nitrogens with one attached hydrogen (secondary N) is 1. The van der Waals surface area contributed by atoms with E-state index in [0.717, 1.165) is 31.2 Å². The Kier molecular flexibility index (Phi) is 6.97. The number of nitrogens with zero attached hydrogens (tertiary/aromatic N) is 1. The molecule has 1 amide bonds. The molecule has 150 valence electrons. The number of ether oxygens (including phenoxy) is 2. The minimum Gasteiger partial charge on any atom is -0.495 e. The number of likely N-dealkylation sites (tertiary alicyclic amines) is 1. The van der Waals surface area contributed by atoms with Crippen molar-refractivity contribution in [3.05, 3.63) is 52.0 Å². The Bertz CT molecular complexity index is 790. The van der Waals surface area contributed by atoms with Gasteiger partial charge in [-0.15, -0.1) is 0 Å². The summed E-state index contributed by atoms with van der Waals surface area (Å²) < 4.78 is 11.3. The van der Waals surface area contributed by atoms with Gasteiger partial charge in [0.25, 0.3) is 5.91 Å². The predicted molar refractivity (Wildman–Crippen MR) is 115 cm³/mol. The van der Waals surface area contributed by atoms with E-state index < -0.39 is 0 Å². The van der Waals surface area contributed by atoms with Gasteiger partial charge < -0.3 is 14.8 Å².